The van der Waals surface area contributed by atoms with Crippen molar-refractivity contribution >= 4 is 16.9 Å². The van der Waals surface area contributed by atoms with Gasteiger partial charge in [0.1, 0.15) is 0 Å². The van der Waals surface area contributed by atoms with E-state index in [-0.39, 0.29) is 11.7 Å². The number of hydrogen-bond donors (Lipinski definition) is 0. The van der Waals surface area contributed by atoms with Crippen molar-refractivity contribution < 1.29 is 4.74 Å². The fraction of sp³-hybridized carbons (Fsp3) is 0.588. The molecule has 0 amide bonds. The van der Waals surface area contributed by atoms with Crippen molar-refractivity contribution in [1.82, 2.24) is 19.4 Å². The molecule has 2 aliphatic heterocycles. The molecule has 0 unspecified atom stereocenters. The molecule has 0 spiro atoms. The summed E-state index contributed by atoms with van der Waals surface area (Å²) < 4.78 is 7.35. The van der Waals surface area contributed by atoms with Gasteiger partial charge >= 0.3 is 0 Å². The van der Waals surface area contributed by atoms with Crippen molar-refractivity contribution in [3.63, 3.8) is 0 Å². The Hall–Kier alpha value is -1.99. The summed E-state index contributed by atoms with van der Waals surface area (Å²) in [4.78, 5) is 26.2. The van der Waals surface area contributed by atoms with Crippen LogP contribution in [0.5, 0.6) is 0 Å². The van der Waals surface area contributed by atoms with Gasteiger partial charge in [0.2, 0.25) is 5.95 Å². The first-order valence-corrected chi connectivity index (χ1v) is 8.62. The Balaban J connectivity index is 1.60. The fourth-order valence-electron chi connectivity index (χ4n) is 3.37. The number of anilines is 1. The first kappa shape index (κ1) is 15.5. The minimum atomic E-state index is -0.0343. The largest absolute Gasteiger partial charge is 0.376 e. The number of pyridine rings is 1. The molecule has 128 valence electrons. The molecule has 0 N–H and O–H groups in total. The zero-order chi connectivity index (χ0) is 16.5. The molecule has 1 atom stereocenters. The van der Waals surface area contributed by atoms with Crippen LogP contribution in [0, 0.1) is 0 Å². The van der Waals surface area contributed by atoms with Crippen molar-refractivity contribution in [3.05, 3.63) is 28.8 Å². The maximum absolute atomic E-state index is 12.7. The van der Waals surface area contributed by atoms with Crippen molar-refractivity contribution in [2.24, 2.45) is 0 Å². The van der Waals surface area contributed by atoms with Crippen LogP contribution in [0.25, 0.3) is 10.9 Å². The molecular weight excluding hydrogens is 306 g/mol. The summed E-state index contributed by atoms with van der Waals surface area (Å²) in [6, 6.07) is 1.91. The second-order valence-corrected chi connectivity index (χ2v) is 6.67. The molecule has 0 saturated carbocycles. The highest BCUT2D eigenvalue weighted by atomic mass is 16.5. The zero-order valence-electron chi connectivity index (χ0n) is 14.0. The lowest BCUT2D eigenvalue weighted by Crippen LogP contribution is -2.45. The molecule has 0 aromatic carbocycles. The molecule has 7 heteroatoms. The maximum Gasteiger partial charge on any atom is 0.261 e. The Morgan fingerprint density at radius 2 is 2.12 bits per heavy atom. The van der Waals surface area contributed by atoms with Crippen molar-refractivity contribution in [3.8, 4) is 0 Å². The van der Waals surface area contributed by atoms with Crippen LogP contribution in [-0.2, 0) is 11.3 Å². The Bertz CT molecular complexity index is 776. The predicted octanol–water partition coefficient (Wildman–Crippen LogP) is 0.722. The number of ether oxygens (including phenoxy) is 1. The number of hydrogen-bond acceptors (Lipinski definition) is 6. The number of likely N-dealkylation sites (N-methyl/N-ethyl adjacent to an activating group) is 1. The monoisotopic (exact) mass is 329 g/mol. The normalized spacial score (nSPS) is 22.4. The van der Waals surface area contributed by atoms with Crippen molar-refractivity contribution in [2.45, 2.75) is 25.5 Å². The average molecular weight is 329 g/mol. The lowest BCUT2D eigenvalue weighted by Gasteiger charge is -2.32. The van der Waals surface area contributed by atoms with Gasteiger partial charge in [-0.25, -0.2) is 9.97 Å². The molecule has 0 aliphatic carbocycles. The molecular formula is C17H23N5O2. The van der Waals surface area contributed by atoms with E-state index in [0.29, 0.717) is 23.4 Å². The third-order valence-corrected chi connectivity index (χ3v) is 4.92. The van der Waals surface area contributed by atoms with E-state index in [1.807, 2.05) is 12.3 Å². The number of fused-ring (bicyclic) bond motifs is 1. The number of aromatic nitrogens is 3. The van der Waals surface area contributed by atoms with Crippen LogP contribution in [0.1, 0.15) is 12.8 Å². The molecule has 4 rings (SSSR count). The van der Waals surface area contributed by atoms with Gasteiger partial charge in [-0.3, -0.25) is 4.79 Å². The standard InChI is InChI=1S/C17H23N5O2/c1-20-6-8-21(9-7-20)17-18-11-14-15(19-17)4-5-22(16(14)23)12-13-3-2-10-24-13/h4-5,11,13H,2-3,6-10,12H2,1H3/t13-/m1/s1. The van der Waals surface area contributed by atoms with Gasteiger partial charge < -0.3 is 19.1 Å². The Morgan fingerprint density at radius 3 is 2.88 bits per heavy atom. The van der Waals surface area contributed by atoms with Gasteiger partial charge in [-0.05, 0) is 26.0 Å². The minimum absolute atomic E-state index is 0.0343. The van der Waals surface area contributed by atoms with Crippen LogP contribution in [0.4, 0.5) is 5.95 Å². The topological polar surface area (TPSA) is 63.5 Å². The quantitative estimate of drug-likeness (QED) is 0.827. The minimum Gasteiger partial charge on any atom is -0.376 e. The zero-order valence-corrected chi connectivity index (χ0v) is 14.0. The molecule has 0 radical (unpaired) electrons. The highest BCUT2D eigenvalue weighted by molar-refractivity contribution is 5.77. The van der Waals surface area contributed by atoms with Crippen LogP contribution < -0.4 is 10.5 Å². The molecule has 2 saturated heterocycles. The van der Waals surface area contributed by atoms with Gasteiger partial charge in [0.25, 0.3) is 5.56 Å². The van der Waals surface area contributed by atoms with Crippen LogP contribution in [-0.4, -0.2) is 65.4 Å². The van der Waals surface area contributed by atoms with Crippen LogP contribution in [0.3, 0.4) is 0 Å². The maximum atomic E-state index is 12.7. The average Bonchev–Trinajstić information content (AvgIpc) is 3.11. The molecule has 2 aromatic heterocycles. The van der Waals surface area contributed by atoms with E-state index < -0.39 is 0 Å². The van der Waals surface area contributed by atoms with Crippen LogP contribution in [0.2, 0.25) is 0 Å². The van der Waals surface area contributed by atoms with E-state index in [9.17, 15) is 4.79 Å². The number of piperazine rings is 1. The van der Waals surface area contributed by atoms with E-state index in [2.05, 4.69) is 26.8 Å². The second kappa shape index (κ2) is 6.49. The summed E-state index contributed by atoms with van der Waals surface area (Å²) in [6.07, 6.45) is 5.73. The van der Waals surface area contributed by atoms with Crippen LogP contribution >= 0.6 is 0 Å². The third-order valence-electron chi connectivity index (χ3n) is 4.92. The fourth-order valence-corrected chi connectivity index (χ4v) is 3.37. The SMILES string of the molecule is CN1CCN(c2ncc3c(=O)n(C[C@H]4CCCO4)ccc3n2)CC1. The molecule has 0 bridgehead atoms. The molecule has 2 aromatic rings. The smallest absolute Gasteiger partial charge is 0.261 e. The van der Waals surface area contributed by atoms with Crippen molar-refractivity contribution in [1.29, 1.82) is 0 Å². The predicted molar refractivity (Wildman–Crippen MR) is 92.5 cm³/mol. The van der Waals surface area contributed by atoms with E-state index in [4.69, 9.17) is 4.74 Å². The van der Waals surface area contributed by atoms with E-state index in [0.717, 1.165) is 45.6 Å². The lowest BCUT2D eigenvalue weighted by molar-refractivity contribution is 0.0963. The molecule has 2 fully saturated rings. The highest BCUT2D eigenvalue weighted by Crippen LogP contribution is 2.16. The third kappa shape index (κ3) is 3.01. The summed E-state index contributed by atoms with van der Waals surface area (Å²) in [5.41, 5.74) is 0.681. The summed E-state index contributed by atoms with van der Waals surface area (Å²) >= 11 is 0. The summed E-state index contributed by atoms with van der Waals surface area (Å²) in [6.45, 7) is 5.24. The first-order chi connectivity index (χ1) is 11.7. The van der Waals surface area contributed by atoms with Gasteiger partial charge in [-0.15, -0.1) is 0 Å². The van der Waals surface area contributed by atoms with Crippen LogP contribution in [0.15, 0.2) is 23.3 Å². The Kier molecular flexibility index (Phi) is 4.20. The highest BCUT2D eigenvalue weighted by Gasteiger charge is 2.19. The number of rotatable bonds is 3. The molecule has 2 aliphatic rings. The second-order valence-electron chi connectivity index (χ2n) is 6.67. The Labute approximate surface area is 140 Å². The number of nitrogens with zero attached hydrogens (tertiary/aromatic N) is 5. The van der Waals surface area contributed by atoms with E-state index in [1.54, 1.807) is 10.8 Å². The van der Waals surface area contributed by atoms with Gasteiger partial charge in [0, 0.05) is 45.2 Å². The van der Waals surface area contributed by atoms with E-state index >= 15 is 0 Å². The van der Waals surface area contributed by atoms with Crippen molar-refractivity contribution in [2.75, 3.05) is 44.7 Å². The van der Waals surface area contributed by atoms with E-state index in [1.165, 1.54) is 0 Å². The molecule has 24 heavy (non-hydrogen) atoms. The Morgan fingerprint density at radius 1 is 1.29 bits per heavy atom. The lowest BCUT2D eigenvalue weighted by atomic mass is 10.2. The van der Waals surface area contributed by atoms with Gasteiger partial charge in [0.05, 0.1) is 23.6 Å². The van der Waals surface area contributed by atoms with Gasteiger partial charge in [0.15, 0.2) is 0 Å². The summed E-state index contributed by atoms with van der Waals surface area (Å²) in [5, 5.41) is 0.577. The first-order valence-electron chi connectivity index (χ1n) is 8.62. The summed E-state index contributed by atoms with van der Waals surface area (Å²) in [5.74, 6) is 0.715. The van der Waals surface area contributed by atoms with Gasteiger partial charge in [-0.1, -0.05) is 0 Å². The molecule has 7 nitrogen and oxygen atoms in total. The molecule has 4 heterocycles. The summed E-state index contributed by atoms with van der Waals surface area (Å²) in [7, 11) is 2.12. The van der Waals surface area contributed by atoms with Gasteiger partial charge in [-0.2, -0.15) is 0 Å².